The van der Waals surface area contributed by atoms with Gasteiger partial charge >= 0.3 is 0 Å². The lowest BCUT2D eigenvalue weighted by atomic mass is 10.0. The van der Waals surface area contributed by atoms with Gasteiger partial charge in [-0.15, -0.1) is 6.42 Å². The van der Waals surface area contributed by atoms with Crippen molar-refractivity contribution in [3.05, 3.63) is 173 Å². The standard InChI is InChI=1S/C26H21F2N3.C24H19F2N3.C21H12F2N2O/c27-16-6-8-23-19(13-16)21-15-22-20-14-17(28)7-9-24(20)30-26(22)18(25(21)29-23)5-4-12-31-10-2-1-3-11-31;1-13(29(2)3)4-7-16-23-19(17-10-14(25)5-8-21(17)27-23)12-20-18-11-15(26)6-9-22(18)28-24(16)20;1-2-7-26-21-19-15(13-8-11(22)3-5-17(13)24-19)10-16-14-9-12(23)4-6-18(14)25-20(16)21/h6-9,13-15,29-30H,1-3,10-12H2;5-6,8-13,27-28H,1-3H3;1,3-6,8-10,24-25H,7H2. The molecule has 1 aliphatic heterocycles. The van der Waals surface area contributed by atoms with E-state index in [2.05, 4.69) is 64.4 Å². The Hall–Kier alpha value is -10.2. The van der Waals surface area contributed by atoms with Crippen LogP contribution in [-0.2, 0) is 0 Å². The Morgan fingerprint density at radius 2 is 0.756 bits per heavy atom. The van der Waals surface area contributed by atoms with E-state index < -0.39 is 0 Å². The molecule has 9 nitrogen and oxygen atoms in total. The molecule has 1 saturated heterocycles. The second-order valence-corrected chi connectivity index (χ2v) is 22.2. The van der Waals surface area contributed by atoms with E-state index >= 15 is 0 Å². The van der Waals surface area contributed by atoms with Gasteiger partial charge in [0, 0.05) is 97.7 Å². The molecule has 86 heavy (non-hydrogen) atoms. The number of fused-ring (bicyclic) bond motifs is 18. The SMILES string of the molecule is C#CCOc1c2[nH]c3ccc(F)cc3c2cc2c1[nH]c1ccc(F)cc12.CC(C#Cc1c2[nH]c3ccc(F)cc3c2cc2c1[nH]c1ccc(F)cc12)N(C)C.Fc1ccc2[nH]c3c(C#CCN4CCCCC4)c4[nH]c5ccc(F)cc5c4cc3c2c1. The molecule has 1 atom stereocenters. The summed E-state index contributed by atoms with van der Waals surface area (Å²) in [4.78, 5) is 24.6. The number of nitrogens with zero attached hydrogens (tertiary/aromatic N) is 2. The smallest absolute Gasteiger partial charge is 0.168 e. The molecule has 15 aromatic rings. The van der Waals surface area contributed by atoms with E-state index in [0.717, 1.165) is 162 Å². The minimum absolute atomic E-state index is 0.0592. The summed E-state index contributed by atoms with van der Waals surface area (Å²) in [5, 5.41) is 9.79. The van der Waals surface area contributed by atoms with Gasteiger partial charge in [0.05, 0.1) is 56.8 Å². The molecule has 15 heteroatoms. The fraction of sp³-hybridized carbons (Fsp3) is 0.155. The second kappa shape index (κ2) is 21.4. The number of terminal acetylenes is 1. The Kier molecular flexibility index (Phi) is 13.4. The van der Waals surface area contributed by atoms with Crippen LogP contribution in [0.4, 0.5) is 26.3 Å². The van der Waals surface area contributed by atoms with E-state index in [1.165, 1.54) is 79.9 Å². The minimum atomic E-state index is -0.324. The second-order valence-electron chi connectivity index (χ2n) is 22.2. The third kappa shape index (κ3) is 9.50. The van der Waals surface area contributed by atoms with Crippen molar-refractivity contribution in [2.75, 3.05) is 40.3 Å². The average molecular weight is 1150 g/mol. The molecular weight excluding hydrogens is 1090 g/mol. The van der Waals surface area contributed by atoms with Gasteiger partial charge in [0.1, 0.15) is 41.5 Å². The monoisotopic (exact) mass is 1150 g/mol. The predicted octanol–water partition coefficient (Wildman–Crippen LogP) is 16.9. The van der Waals surface area contributed by atoms with Gasteiger partial charge in [-0.05, 0) is 174 Å². The maximum Gasteiger partial charge on any atom is 0.168 e. The average Bonchev–Trinajstić information content (AvgIpc) is 1.68. The summed E-state index contributed by atoms with van der Waals surface area (Å²) in [5.74, 6) is 14.6. The molecule has 424 valence electrons. The predicted molar refractivity (Wildman–Crippen MR) is 337 cm³/mol. The number of hydrogen-bond donors (Lipinski definition) is 6. The number of ether oxygens (including phenoxy) is 1. The summed E-state index contributed by atoms with van der Waals surface area (Å²) in [6, 6.07) is 34.0. The molecule has 1 unspecified atom stereocenters. The molecule has 7 heterocycles. The van der Waals surface area contributed by atoms with Crippen molar-refractivity contribution < 1.29 is 31.1 Å². The van der Waals surface area contributed by atoms with Crippen molar-refractivity contribution in [3.63, 3.8) is 0 Å². The number of aromatic nitrogens is 6. The molecule has 0 aliphatic carbocycles. The molecular formula is C71H52F6N8O. The topological polar surface area (TPSA) is 110 Å². The van der Waals surface area contributed by atoms with Crippen LogP contribution in [0.1, 0.15) is 37.3 Å². The van der Waals surface area contributed by atoms with Gasteiger partial charge in [-0.3, -0.25) is 9.80 Å². The van der Waals surface area contributed by atoms with Crippen LogP contribution in [0.25, 0.3) is 131 Å². The zero-order chi connectivity index (χ0) is 59.1. The summed E-state index contributed by atoms with van der Waals surface area (Å²) in [7, 11) is 3.96. The van der Waals surface area contributed by atoms with Crippen molar-refractivity contribution >= 4 is 131 Å². The highest BCUT2D eigenvalue weighted by Crippen LogP contribution is 2.42. The Balaban J connectivity index is 0.000000114. The van der Waals surface area contributed by atoms with Crippen molar-refractivity contribution in [3.8, 4) is 41.8 Å². The quantitative estimate of drug-likeness (QED) is 0.0780. The highest BCUT2D eigenvalue weighted by atomic mass is 19.1. The molecule has 0 radical (unpaired) electrons. The van der Waals surface area contributed by atoms with E-state index in [9.17, 15) is 26.3 Å². The normalized spacial score (nSPS) is 13.3. The van der Waals surface area contributed by atoms with Crippen LogP contribution in [-0.4, -0.2) is 86.1 Å². The van der Waals surface area contributed by atoms with Crippen molar-refractivity contribution in [1.29, 1.82) is 0 Å². The zero-order valence-corrected chi connectivity index (χ0v) is 46.8. The van der Waals surface area contributed by atoms with Gasteiger partial charge in [0.15, 0.2) is 5.75 Å². The number of hydrogen-bond acceptors (Lipinski definition) is 3. The van der Waals surface area contributed by atoms with E-state index in [1.807, 2.05) is 44.1 Å². The Labute approximate surface area is 487 Å². The number of halogens is 6. The third-order valence-electron chi connectivity index (χ3n) is 16.6. The Bertz CT molecular complexity index is 5160. The van der Waals surface area contributed by atoms with Crippen LogP contribution in [0.2, 0.25) is 0 Å². The van der Waals surface area contributed by atoms with E-state index in [1.54, 1.807) is 48.5 Å². The fourth-order valence-electron chi connectivity index (χ4n) is 12.1. The summed E-state index contributed by atoms with van der Waals surface area (Å²) >= 11 is 0. The van der Waals surface area contributed by atoms with Crippen molar-refractivity contribution in [2.24, 2.45) is 0 Å². The minimum Gasteiger partial charge on any atom is -0.477 e. The number of rotatable bonds is 4. The molecule has 16 rings (SSSR count). The highest BCUT2D eigenvalue weighted by Gasteiger charge is 2.21. The number of nitrogens with one attached hydrogen (secondary N) is 6. The molecule has 6 N–H and O–H groups in total. The first-order valence-corrected chi connectivity index (χ1v) is 28.3. The highest BCUT2D eigenvalue weighted by molar-refractivity contribution is 6.23. The molecule has 0 spiro atoms. The number of piperidine rings is 1. The Morgan fingerprint density at radius 3 is 1.08 bits per heavy atom. The molecule has 9 aromatic carbocycles. The van der Waals surface area contributed by atoms with Crippen LogP contribution in [0.15, 0.2) is 127 Å². The van der Waals surface area contributed by atoms with Gasteiger partial charge in [-0.25, -0.2) is 26.3 Å². The summed E-state index contributed by atoms with van der Waals surface area (Å²) < 4.78 is 89.3. The third-order valence-corrected chi connectivity index (χ3v) is 16.6. The lowest BCUT2D eigenvalue weighted by Gasteiger charge is -2.23. The van der Waals surface area contributed by atoms with E-state index in [4.69, 9.17) is 11.2 Å². The number of aromatic amines is 6. The first-order chi connectivity index (χ1) is 41.7. The number of likely N-dealkylation sites (tertiary alicyclic amines) is 1. The van der Waals surface area contributed by atoms with E-state index in [-0.39, 0.29) is 47.6 Å². The van der Waals surface area contributed by atoms with Crippen LogP contribution in [0.5, 0.6) is 5.75 Å². The maximum atomic E-state index is 14.0. The first kappa shape index (κ1) is 53.7. The molecule has 1 fully saturated rings. The van der Waals surface area contributed by atoms with Gasteiger partial charge < -0.3 is 34.6 Å². The zero-order valence-electron chi connectivity index (χ0n) is 46.8. The van der Waals surface area contributed by atoms with Crippen molar-refractivity contribution in [2.45, 2.75) is 32.2 Å². The summed E-state index contributed by atoms with van der Waals surface area (Å²) in [6.45, 7) is 5.02. The largest absolute Gasteiger partial charge is 0.477 e. The van der Waals surface area contributed by atoms with E-state index in [0.29, 0.717) is 5.75 Å². The lowest BCUT2D eigenvalue weighted by molar-refractivity contribution is 0.255. The maximum absolute atomic E-state index is 14.0. The van der Waals surface area contributed by atoms with Crippen molar-refractivity contribution in [1.82, 2.24) is 39.7 Å². The van der Waals surface area contributed by atoms with Crippen LogP contribution >= 0.6 is 0 Å². The molecule has 6 aromatic heterocycles. The fourth-order valence-corrected chi connectivity index (χ4v) is 12.1. The van der Waals surface area contributed by atoms with Crippen LogP contribution in [0, 0.1) is 70.9 Å². The number of H-pyrrole nitrogens is 6. The van der Waals surface area contributed by atoms with Crippen LogP contribution < -0.4 is 4.74 Å². The molecule has 0 amide bonds. The summed E-state index contributed by atoms with van der Waals surface area (Å²) in [5.41, 5.74) is 11.5. The van der Waals surface area contributed by atoms with Gasteiger partial charge in [-0.2, -0.15) is 0 Å². The van der Waals surface area contributed by atoms with Gasteiger partial charge in [0.2, 0.25) is 0 Å². The van der Waals surface area contributed by atoms with Gasteiger partial charge in [-0.1, -0.05) is 36.0 Å². The first-order valence-electron chi connectivity index (χ1n) is 28.3. The molecule has 0 saturated carbocycles. The van der Waals surface area contributed by atoms with Crippen LogP contribution in [0.3, 0.4) is 0 Å². The molecule has 0 bridgehead atoms. The Morgan fingerprint density at radius 1 is 0.442 bits per heavy atom. The number of benzene rings is 9. The van der Waals surface area contributed by atoms with Gasteiger partial charge in [0.25, 0.3) is 0 Å². The summed E-state index contributed by atoms with van der Waals surface area (Å²) in [6.07, 6.45) is 9.10. The lowest BCUT2D eigenvalue weighted by Crippen LogP contribution is -2.29. The molecule has 1 aliphatic rings.